The number of amides is 4. The van der Waals surface area contributed by atoms with Gasteiger partial charge in [0, 0.05) is 33.1 Å². The monoisotopic (exact) mass is 802 g/mol. The van der Waals surface area contributed by atoms with Crippen molar-refractivity contribution in [2.24, 2.45) is 23.7 Å². The summed E-state index contributed by atoms with van der Waals surface area (Å²) >= 11 is 3.39. The zero-order valence-electron chi connectivity index (χ0n) is 32.9. The third kappa shape index (κ3) is 7.60. The highest BCUT2D eigenvalue weighted by molar-refractivity contribution is 7.31. The predicted octanol–water partition coefficient (Wildman–Crippen LogP) is 7.70. The molecule has 298 valence electrons. The number of rotatable bonds is 10. The van der Waals surface area contributed by atoms with Crippen molar-refractivity contribution in [1.82, 2.24) is 40.4 Å². The fourth-order valence-electron chi connectivity index (χ4n) is 8.12. The van der Waals surface area contributed by atoms with Gasteiger partial charge in [0.1, 0.15) is 29.4 Å². The SMILES string of the molecule is COC(=O)N[C@H](C(=O)N1C[C@@H](C)C[C@H]1c1nc2ccc(-c3cc4sc(-c5nc([C@@H]6C[C@H](C)CN6C(=O)[C@@H](NC(=O)O)C(C)C)[nH]c5C)cc4s3)cc2[nH]1)C(C)C. The first-order valence-corrected chi connectivity index (χ1v) is 20.8. The number of hydrogen-bond donors (Lipinski definition) is 5. The van der Waals surface area contributed by atoms with E-state index < -0.39 is 24.3 Å². The topological polar surface area (TPSA) is 186 Å². The van der Waals surface area contributed by atoms with Crippen LogP contribution in [0, 0.1) is 30.6 Å². The van der Waals surface area contributed by atoms with Gasteiger partial charge in [-0.05, 0) is 73.3 Å². The highest BCUT2D eigenvalue weighted by Gasteiger charge is 2.42. The molecular weight excluding hydrogens is 753 g/mol. The minimum atomic E-state index is -1.21. The molecule has 6 atom stereocenters. The molecule has 4 aromatic heterocycles. The number of ether oxygens (including phenoxy) is 1. The van der Waals surface area contributed by atoms with E-state index in [0.29, 0.717) is 13.1 Å². The third-order valence-electron chi connectivity index (χ3n) is 10.9. The Morgan fingerprint density at radius 3 is 1.95 bits per heavy atom. The summed E-state index contributed by atoms with van der Waals surface area (Å²) in [6, 6.07) is 8.53. The third-order valence-corrected chi connectivity index (χ3v) is 13.3. The van der Waals surface area contributed by atoms with Gasteiger partial charge in [-0.15, -0.1) is 22.7 Å². The van der Waals surface area contributed by atoms with E-state index >= 15 is 0 Å². The second-order valence-corrected chi connectivity index (χ2v) is 18.3. The minimum absolute atomic E-state index is 0.119. The maximum absolute atomic E-state index is 13.8. The largest absolute Gasteiger partial charge is 0.465 e. The van der Waals surface area contributed by atoms with Crippen molar-refractivity contribution < 1.29 is 29.0 Å². The number of nitrogens with zero attached hydrogens (tertiary/aromatic N) is 4. The lowest BCUT2D eigenvalue weighted by Gasteiger charge is -2.30. The summed E-state index contributed by atoms with van der Waals surface area (Å²) in [6.45, 7) is 14.8. The summed E-state index contributed by atoms with van der Waals surface area (Å²) in [5.41, 5.74) is 4.55. The quantitative estimate of drug-likeness (QED) is 0.0951. The van der Waals surface area contributed by atoms with Gasteiger partial charge >= 0.3 is 12.2 Å². The summed E-state index contributed by atoms with van der Waals surface area (Å²) in [5.74, 6) is 1.29. The van der Waals surface area contributed by atoms with Crippen molar-refractivity contribution in [2.75, 3.05) is 20.2 Å². The first kappa shape index (κ1) is 39.3. The van der Waals surface area contributed by atoms with Gasteiger partial charge < -0.3 is 40.2 Å². The van der Waals surface area contributed by atoms with Crippen molar-refractivity contribution >= 4 is 67.1 Å². The van der Waals surface area contributed by atoms with Gasteiger partial charge in [-0.2, -0.15) is 0 Å². The molecule has 0 saturated carbocycles. The number of alkyl carbamates (subject to hydrolysis) is 1. The Hall–Kier alpha value is -4.96. The maximum atomic E-state index is 13.8. The Bertz CT molecular complexity index is 2260. The molecule has 0 unspecified atom stereocenters. The molecule has 14 nitrogen and oxygen atoms in total. The Kier molecular flexibility index (Phi) is 10.9. The second kappa shape index (κ2) is 15.5. The molecule has 0 radical (unpaired) electrons. The van der Waals surface area contributed by atoms with Crippen LogP contribution >= 0.6 is 22.7 Å². The minimum Gasteiger partial charge on any atom is -0.465 e. The molecule has 1 aromatic carbocycles. The number of carbonyl (C=O) groups is 4. The van der Waals surface area contributed by atoms with Crippen LogP contribution in [0.25, 0.3) is 41.4 Å². The zero-order chi connectivity index (χ0) is 40.2. The Morgan fingerprint density at radius 2 is 1.38 bits per heavy atom. The average molecular weight is 803 g/mol. The van der Waals surface area contributed by atoms with Crippen LogP contribution in [-0.4, -0.2) is 91.1 Å². The molecule has 0 spiro atoms. The molecule has 0 aliphatic carbocycles. The van der Waals surface area contributed by atoms with E-state index in [-0.39, 0.29) is 47.6 Å². The molecule has 5 N–H and O–H groups in total. The van der Waals surface area contributed by atoms with Crippen LogP contribution in [-0.2, 0) is 14.3 Å². The number of carbonyl (C=O) groups excluding carboxylic acids is 3. The van der Waals surface area contributed by atoms with Crippen molar-refractivity contribution in [3.05, 3.63) is 47.7 Å². The average Bonchev–Trinajstić information content (AvgIpc) is 3.99. The van der Waals surface area contributed by atoms with Crippen LogP contribution in [0.1, 0.15) is 83.8 Å². The Morgan fingerprint density at radius 1 is 0.821 bits per heavy atom. The fourth-order valence-corrected chi connectivity index (χ4v) is 10.6. The highest BCUT2D eigenvalue weighted by Crippen LogP contribution is 2.44. The first-order valence-electron chi connectivity index (χ1n) is 19.2. The highest BCUT2D eigenvalue weighted by atomic mass is 32.1. The van der Waals surface area contributed by atoms with Gasteiger partial charge in [-0.3, -0.25) is 9.59 Å². The van der Waals surface area contributed by atoms with Crippen LogP contribution in [0.4, 0.5) is 9.59 Å². The molecule has 2 aliphatic rings. The zero-order valence-corrected chi connectivity index (χ0v) is 34.6. The fraction of sp³-hybridized carbons (Fsp3) is 0.500. The van der Waals surface area contributed by atoms with Crippen LogP contribution < -0.4 is 10.6 Å². The summed E-state index contributed by atoms with van der Waals surface area (Å²) in [7, 11) is 1.29. The van der Waals surface area contributed by atoms with Crippen molar-refractivity contribution in [1.29, 1.82) is 0 Å². The lowest BCUT2D eigenvalue weighted by molar-refractivity contribution is -0.136. The standard InChI is InChI=1S/C40H50N8O6S2/c1-18(2)32(45-39(51)52)37(49)47-16-20(5)11-26(47)35-41-22(7)34(44-35)31-15-30-29(56-31)14-28(55-30)23-9-10-24-25(13-23)43-36(42-24)27-12-21(6)17-48(27)38(50)33(19(3)4)46-40(53)54-8/h9-10,13-15,18-21,26-27,32-33,45H,11-12,16-17H2,1-8H3,(H,41,44)(H,42,43)(H,46,53)(H,51,52)/t20-,21-,26-,27-,32-,33-/m0/s1. The molecule has 16 heteroatoms. The van der Waals surface area contributed by atoms with Crippen molar-refractivity contribution in [3.63, 3.8) is 0 Å². The van der Waals surface area contributed by atoms with Crippen molar-refractivity contribution in [2.45, 2.75) is 85.5 Å². The van der Waals surface area contributed by atoms with E-state index in [1.807, 2.05) is 45.6 Å². The predicted molar refractivity (Wildman–Crippen MR) is 218 cm³/mol. The van der Waals surface area contributed by atoms with Gasteiger partial charge in [-0.1, -0.05) is 47.6 Å². The molecule has 2 aliphatic heterocycles. The Labute approximate surface area is 333 Å². The molecule has 2 saturated heterocycles. The van der Waals surface area contributed by atoms with Gasteiger partial charge in [0.15, 0.2) is 0 Å². The number of hydrogen-bond acceptors (Lipinski definition) is 9. The smallest absolute Gasteiger partial charge is 0.407 e. The number of benzene rings is 1. The number of H-pyrrole nitrogens is 2. The summed E-state index contributed by atoms with van der Waals surface area (Å²) in [5, 5.41) is 14.5. The number of likely N-dealkylation sites (tertiary alicyclic amines) is 2. The van der Waals surface area contributed by atoms with Crippen LogP contribution in [0.15, 0.2) is 30.3 Å². The molecule has 56 heavy (non-hydrogen) atoms. The molecular formula is C40H50N8O6S2. The molecule has 5 aromatic rings. The number of carboxylic acid groups (broad SMARTS) is 1. The summed E-state index contributed by atoms with van der Waals surface area (Å²) in [6.07, 6.45) is -0.333. The molecule has 6 heterocycles. The van der Waals surface area contributed by atoms with E-state index in [9.17, 15) is 24.3 Å². The second-order valence-electron chi connectivity index (χ2n) is 16.1. The Balaban J connectivity index is 1.10. The van der Waals surface area contributed by atoms with E-state index in [4.69, 9.17) is 14.7 Å². The van der Waals surface area contributed by atoms with Crippen LogP contribution in [0.3, 0.4) is 0 Å². The maximum Gasteiger partial charge on any atom is 0.407 e. The van der Waals surface area contributed by atoms with E-state index in [1.54, 1.807) is 27.6 Å². The van der Waals surface area contributed by atoms with E-state index in [2.05, 4.69) is 58.7 Å². The lowest BCUT2D eigenvalue weighted by Crippen LogP contribution is -2.51. The van der Waals surface area contributed by atoms with Crippen LogP contribution in [0.2, 0.25) is 0 Å². The number of aromatic amines is 2. The summed E-state index contributed by atoms with van der Waals surface area (Å²) < 4.78 is 7.09. The normalized spacial score (nSPS) is 21.0. The number of imidazole rings is 2. The molecule has 4 amide bonds. The number of thiophene rings is 2. The number of methoxy groups -OCH3 is 1. The van der Waals surface area contributed by atoms with Crippen molar-refractivity contribution in [3.8, 4) is 21.0 Å². The molecule has 2 fully saturated rings. The number of aryl methyl sites for hydroxylation is 1. The number of aromatic nitrogens is 4. The van der Waals surface area contributed by atoms with E-state index in [1.165, 1.54) is 7.11 Å². The van der Waals surface area contributed by atoms with Crippen LogP contribution in [0.5, 0.6) is 0 Å². The van der Waals surface area contributed by atoms with Gasteiger partial charge in [-0.25, -0.2) is 19.6 Å². The molecule has 0 bridgehead atoms. The van der Waals surface area contributed by atoms with Gasteiger partial charge in [0.25, 0.3) is 0 Å². The number of fused-ring (bicyclic) bond motifs is 2. The molecule has 7 rings (SSSR count). The summed E-state index contributed by atoms with van der Waals surface area (Å²) in [4.78, 5) is 73.7. The van der Waals surface area contributed by atoms with E-state index in [0.717, 1.165) is 71.6 Å². The first-order chi connectivity index (χ1) is 26.6. The van der Waals surface area contributed by atoms with Gasteiger partial charge in [0.05, 0.1) is 35.1 Å². The number of nitrogens with one attached hydrogen (secondary N) is 4. The lowest BCUT2D eigenvalue weighted by atomic mass is 10.0. The van der Waals surface area contributed by atoms with Gasteiger partial charge in [0.2, 0.25) is 11.8 Å².